The molecule has 0 bridgehead atoms. The van der Waals surface area contributed by atoms with E-state index in [1.54, 1.807) is 0 Å². The zero-order valence-corrected chi connectivity index (χ0v) is 23.7. The molecule has 0 aromatic heterocycles. The lowest BCUT2D eigenvalue weighted by Crippen LogP contribution is -2.56. The van der Waals surface area contributed by atoms with Gasteiger partial charge < -0.3 is 10.4 Å². The maximum atomic E-state index is 12.4. The van der Waals surface area contributed by atoms with Crippen molar-refractivity contribution in [2.75, 3.05) is 6.54 Å². The highest BCUT2D eigenvalue weighted by Gasteiger charge is 2.64. The van der Waals surface area contributed by atoms with Crippen LogP contribution in [0.25, 0.3) is 0 Å². The molecule has 4 rings (SSSR count). The quantitative estimate of drug-likeness (QED) is 0.297. The number of hydrogen-bond donors (Lipinski definition) is 2. The van der Waals surface area contributed by atoms with Gasteiger partial charge in [-0.05, 0) is 105 Å². The highest BCUT2D eigenvalue weighted by atomic mass is 16.3. The minimum Gasteiger partial charge on any atom is -0.390 e. The highest BCUT2D eigenvalue weighted by molar-refractivity contribution is 5.91. The Hall–Kier alpha value is -1.16. The number of amides is 1. The first-order chi connectivity index (χ1) is 17.1. The number of nitrogens with one attached hydrogen (secondary N) is 1. The van der Waals surface area contributed by atoms with E-state index >= 15 is 0 Å². The molecule has 0 spiro atoms. The number of aliphatic hydroxyl groups is 1. The van der Waals surface area contributed by atoms with E-state index < -0.39 is 5.60 Å². The fourth-order valence-electron chi connectivity index (χ4n) is 8.96. The molecular formula is C32H53NO3. The van der Waals surface area contributed by atoms with Gasteiger partial charge in [-0.3, -0.25) is 9.59 Å². The van der Waals surface area contributed by atoms with Crippen LogP contribution in [0.15, 0.2) is 11.6 Å². The number of fused-ring (bicyclic) bond motifs is 5. The Morgan fingerprint density at radius 3 is 2.50 bits per heavy atom. The van der Waals surface area contributed by atoms with Gasteiger partial charge in [0.2, 0.25) is 5.91 Å². The SMILES string of the molecule is CCCCC(=O)NCCCCCCCC1CC2=CC(=O)CC[C@]2(C)C2CC[C@@]3(C)C(CC[C@]3(C)O)C12. The minimum absolute atomic E-state index is 0.0377. The van der Waals surface area contributed by atoms with Crippen LogP contribution in [0.3, 0.4) is 0 Å². The molecular weight excluding hydrogens is 446 g/mol. The molecule has 4 aliphatic rings. The average Bonchev–Trinajstić information content (AvgIpc) is 3.08. The maximum Gasteiger partial charge on any atom is 0.219 e. The summed E-state index contributed by atoms with van der Waals surface area (Å²) in [6, 6.07) is 0. The number of carbonyl (C=O) groups is 2. The van der Waals surface area contributed by atoms with E-state index in [1.807, 2.05) is 6.08 Å². The van der Waals surface area contributed by atoms with Crippen molar-refractivity contribution >= 4 is 11.7 Å². The van der Waals surface area contributed by atoms with Crippen molar-refractivity contribution in [3.8, 4) is 0 Å². The van der Waals surface area contributed by atoms with Gasteiger partial charge in [0.15, 0.2) is 5.78 Å². The molecule has 0 saturated heterocycles. The maximum absolute atomic E-state index is 12.4. The third-order valence-electron chi connectivity index (χ3n) is 11.5. The van der Waals surface area contributed by atoms with Gasteiger partial charge in [0.25, 0.3) is 0 Å². The van der Waals surface area contributed by atoms with Crippen LogP contribution in [0.1, 0.15) is 130 Å². The number of ketones is 1. The molecule has 0 aromatic rings. The molecule has 0 aromatic carbocycles. The third-order valence-corrected chi connectivity index (χ3v) is 11.5. The second-order valence-corrected chi connectivity index (χ2v) is 13.6. The Balaban J connectivity index is 1.34. The molecule has 4 unspecified atom stereocenters. The van der Waals surface area contributed by atoms with Crippen LogP contribution in [0.5, 0.6) is 0 Å². The lowest BCUT2D eigenvalue weighted by molar-refractivity contribution is -0.135. The summed E-state index contributed by atoms with van der Waals surface area (Å²) in [5.41, 5.74) is 1.14. The fraction of sp³-hybridized carbons (Fsp3) is 0.875. The summed E-state index contributed by atoms with van der Waals surface area (Å²) in [4.78, 5) is 24.1. The Kier molecular flexibility index (Phi) is 8.74. The van der Waals surface area contributed by atoms with Crippen LogP contribution in [-0.4, -0.2) is 28.9 Å². The Morgan fingerprint density at radius 1 is 1.00 bits per heavy atom. The smallest absolute Gasteiger partial charge is 0.219 e. The van der Waals surface area contributed by atoms with Crippen molar-refractivity contribution in [1.29, 1.82) is 0 Å². The molecule has 4 nitrogen and oxygen atoms in total. The fourth-order valence-corrected chi connectivity index (χ4v) is 8.96. The van der Waals surface area contributed by atoms with E-state index in [9.17, 15) is 14.7 Å². The van der Waals surface area contributed by atoms with Gasteiger partial charge in [-0.2, -0.15) is 0 Å². The molecule has 0 heterocycles. The zero-order chi connectivity index (χ0) is 26.0. The Morgan fingerprint density at radius 2 is 1.72 bits per heavy atom. The monoisotopic (exact) mass is 499 g/mol. The second kappa shape index (κ2) is 11.3. The van der Waals surface area contributed by atoms with Crippen molar-refractivity contribution < 1.29 is 14.7 Å². The van der Waals surface area contributed by atoms with Crippen LogP contribution in [0, 0.1) is 34.5 Å². The Labute approximate surface area is 220 Å². The van der Waals surface area contributed by atoms with Crippen molar-refractivity contribution in [3.63, 3.8) is 0 Å². The summed E-state index contributed by atoms with van der Waals surface area (Å²) in [5.74, 6) is 3.16. The van der Waals surface area contributed by atoms with E-state index in [1.165, 1.54) is 50.5 Å². The van der Waals surface area contributed by atoms with Gasteiger partial charge >= 0.3 is 0 Å². The number of allylic oxidation sites excluding steroid dienone is 1. The summed E-state index contributed by atoms with van der Waals surface area (Å²) < 4.78 is 0. The van der Waals surface area contributed by atoms with Crippen molar-refractivity contribution in [3.05, 3.63) is 11.6 Å². The van der Waals surface area contributed by atoms with Gasteiger partial charge in [0.1, 0.15) is 0 Å². The van der Waals surface area contributed by atoms with Crippen molar-refractivity contribution in [1.82, 2.24) is 5.32 Å². The predicted octanol–water partition coefficient (Wildman–Crippen LogP) is 7.14. The van der Waals surface area contributed by atoms with Crippen molar-refractivity contribution in [2.24, 2.45) is 34.5 Å². The number of unbranched alkanes of at least 4 members (excludes halogenated alkanes) is 5. The first-order valence-electron chi connectivity index (χ1n) is 15.4. The number of hydrogen-bond acceptors (Lipinski definition) is 3. The molecule has 36 heavy (non-hydrogen) atoms. The Bertz CT molecular complexity index is 831. The van der Waals surface area contributed by atoms with E-state index in [0.29, 0.717) is 42.3 Å². The molecule has 3 saturated carbocycles. The number of rotatable bonds is 11. The minimum atomic E-state index is -0.543. The summed E-state index contributed by atoms with van der Waals surface area (Å²) in [5, 5.41) is 14.4. The summed E-state index contributed by atoms with van der Waals surface area (Å²) in [6.45, 7) is 9.89. The number of carbonyl (C=O) groups excluding carboxylic acids is 2. The van der Waals surface area contributed by atoms with Gasteiger partial charge in [0.05, 0.1) is 5.60 Å². The van der Waals surface area contributed by atoms with Crippen LogP contribution < -0.4 is 5.32 Å². The van der Waals surface area contributed by atoms with Crippen molar-refractivity contribution in [2.45, 2.75) is 136 Å². The lowest BCUT2D eigenvalue weighted by Gasteiger charge is -2.61. The first-order valence-corrected chi connectivity index (χ1v) is 15.4. The first kappa shape index (κ1) is 27.9. The molecule has 7 atom stereocenters. The van der Waals surface area contributed by atoms with Gasteiger partial charge in [-0.15, -0.1) is 0 Å². The second-order valence-electron chi connectivity index (χ2n) is 13.6. The molecule has 3 fully saturated rings. The summed E-state index contributed by atoms with van der Waals surface area (Å²) in [7, 11) is 0. The normalized spacial score (nSPS) is 39.7. The highest BCUT2D eigenvalue weighted by Crippen LogP contribution is 2.69. The average molecular weight is 500 g/mol. The van der Waals surface area contributed by atoms with E-state index in [-0.39, 0.29) is 16.7 Å². The summed E-state index contributed by atoms with van der Waals surface area (Å²) >= 11 is 0. The predicted molar refractivity (Wildman–Crippen MR) is 146 cm³/mol. The lowest BCUT2D eigenvalue weighted by atomic mass is 9.44. The molecule has 0 radical (unpaired) electrons. The van der Waals surface area contributed by atoms with E-state index in [0.717, 1.165) is 51.5 Å². The third kappa shape index (κ3) is 5.36. The topological polar surface area (TPSA) is 66.4 Å². The van der Waals surface area contributed by atoms with Crippen LogP contribution in [0.4, 0.5) is 0 Å². The van der Waals surface area contributed by atoms with Crippen LogP contribution in [0.2, 0.25) is 0 Å². The molecule has 1 amide bonds. The molecule has 4 heteroatoms. The molecule has 2 N–H and O–H groups in total. The molecule has 204 valence electrons. The summed E-state index contributed by atoms with van der Waals surface area (Å²) in [6.07, 6.45) is 19.3. The van der Waals surface area contributed by atoms with Crippen LogP contribution >= 0.6 is 0 Å². The van der Waals surface area contributed by atoms with Crippen LogP contribution in [-0.2, 0) is 9.59 Å². The zero-order valence-electron chi connectivity index (χ0n) is 23.7. The largest absolute Gasteiger partial charge is 0.390 e. The molecule has 4 aliphatic carbocycles. The van der Waals surface area contributed by atoms with E-state index in [4.69, 9.17) is 0 Å². The van der Waals surface area contributed by atoms with Gasteiger partial charge in [0, 0.05) is 19.4 Å². The van der Waals surface area contributed by atoms with Gasteiger partial charge in [-0.25, -0.2) is 0 Å². The molecule has 0 aliphatic heterocycles. The van der Waals surface area contributed by atoms with E-state index in [2.05, 4.69) is 33.0 Å². The standard InChI is InChI=1S/C32H53NO3/c1-5-6-13-28(35)33-20-11-9-7-8-10-12-23-21-24-22-25(34)14-17-30(24,2)26-15-18-31(3)27(29(23)26)16-19-32(31,4)36/h22-23,26-27,29,36H,5-21H2,1-4H3,(H,33,35)/t23?,26?,27?,29?,30-,31-,32-/m0/s1. The van der Waals surface area contributed by atoms with Gasteiger partial charge in [-0.1, -0.05) is 58.4 Å².